The van der Waals surface area contributed by atoms with Crippen LogP contribution in [-0.2, 0) is 25.8 Å². The van der Waals surface area contributed by atoms with Crippen LogP contribution in [0.4, 0.5) is 8.78 Å². The number of hydrogen-bond acceptors (Lipinski definition) is 5. The average molecular weight is 485 g/mol. The molecule has 0 saturated carbocycles. The molecule has 5 nitrogen and oxygen atoms in total. The predicted octanol–water partition coefficient (Wildman–Crippen LogP) is 5.34. The number of thioether (sulfide) groups is 1. The van der Waals surface area contributed by atoms with Crippen molar-refractivity contribution >= 4 is 20.0 Å². The Morgan fingerprint density at radius 2 is 1.91 bits per heavy atom. The summed E-state index contributed by atoms with van der Waals surface area (Å²) < 4.78 is 49.2. The molecule has 1 saturated heterocycles. The molecule has 32 heavy (non-hydrogen) atoms. The smallest absolute Gasteiger partial charge is 0.379 e. The minimum atomic E-state index is -2.60. The van der Waals surface area contributed by atoms with Crippen molar-refractivity contribution in [2.45, 2.75) is 42.5 Å². The highest BCUT2D eigenvalue weighted by molar-refractivity contribution is 7.99. The normalized spacial score (nSPS) is 15.4. The second-order valence-electron chi connectivity index (χ2n) is 7.92. The van der Waals surface area contributed by atoms with Crippen LogP contribution in [0.3, 0.4) is 0 Å². The molecule has 1 heterocycles. The Labute approximate surface area is 192 Å². The van der Waals surface area contributed by atoms with Crippen molar-refractivity contribution in [3.8, 4) is 0 Å². The Kier molecular flexibility index (Phi) is 10.0. The van der Waals surface area contributed by atoms with E-state index in [1.807, 2.05) is 6.07 Å². The molecule has 0 bridgehead atoms. The molecular weight excluding hydrogens is 455 g/mol. The van der Waals surface area contributed by atoms with Gasteiger partial charge in [-0.15, -0.1) is 21.2 Å². The van der Waals surface area contributed by atoms with E-state index in [1.165, 1.54) is 29.5 Å². The van der Waals surface area contributed by atoms with Crippen molar-refractivity contribution < 1.29 is 27.5 Å². The highest BCUT2D eigenvalue weighted by Gasteiger charge is 2.39. The van der Waals surface area contributed by atoms with E-state index in [2.05, 4.69) is 34.1 Å². The van der Waals surface area contributed by atoms with Gasteiger partial charge < -0.3 is 10.1 Å². The molecule has 1 atom stereocenters. The average Bonchev–Trinajstić information content (AvgIpc) is 2.75. The number of rotatable bonds is 14. The van der Waals surface area contributed by atoms with E-state index in [9.17, 15) is 13.3 Å². The van der Waals surface area contributed by atoms with Gasteiger partial charge in [-0.25, -0.2) is 8.78 Å². The first-order chi connectivity index (χ1) is 15.5. The van der Waals surface area contributed by atoms with Gasteiger partial charge in [0, 0.05) is 27.0 Å². The van der Waals surface area contributed by atoms with E-state index >= 15 is 0 Å². The predicted molar refractivity (Wildman–Crippen MR) is 122 cm³/mol. The number of hydrogen-bond donors (Lipinski definition) is 2. The van der Waals surface area contributed by atoms with Gasteiger partial charge in [-0.3, -0.25) is 0 Å². The van der Waals surface area contributed by atoms with Crippen LogP contribution in [0, 0.1) is 11.6 Å². The van der Waals surface area contributed by atoms with Gasteiger partial charge in [0.2, 0.25) is 0 Å². The quantitative estimate of drug-likeness (QED) is 0.214. The second kappa shape index (κ2) is 12.7. The molecule has 0 amide bonds. The molecule has 0 aromatic heterocycles. The fraction of sp³-hybridized carbons (Fsp3) is 0.478. The van der Waals surface area contributed by atoms with E-state index < -0.39 is 19.9 Å². The van der Waals surface area contributed by atoms with E-state index in [4.69, 9.17) is 9.63 Å². The highest BCUT2D eigenvalue weighted by Crippen LogP contribution is 2.37. The molecule has 1 unspecified atom stereocenters. The molecule has 0 aliphatic carbocycles. The zero-order valence-corrected chi connectivity index (χ0v) is 19.6. The zero-order valence-electron chi connectivity index (χ0n) is 17.9. The first-order valence-electron chi connectivity index (χ1n) is 10.7. The van der Waals surface area contributed by atoms with Crippen molar-refractivity contribution in [2.75, 3.05) is 32.1 Å². The molecule has 0 radical (unpaired) electrons. The van der Waals surface area contributed by atoms with E-state index in [1.54, 1.807) is 0 Å². The lowest BCUT2D eigenvalue weighted by Gasteiger charge is -2.42. The molecule has 1 fully saturated rings. The first kappa shape index (κ1) is 25.2. The minimum absolute atomic E-state index is 0.0970. The van der Waals surface area contributed by atoms with Crippen molar-refractivity contribution in [1.82, 2.24) is 5.32 Å². The van der Waals surface area contributed by atoms with Crippen LogP contribution in [0.25, 0.3) is 0 Å². The summed E-state index contributed by atoms with van der Waals surface area (Å²) in [6.07, 6.45) is 3.45. The number of halogens is 2. The number of unbranched alkanes of at least 4 members (excludes halogenated alkanes) is 1. The maximum Gasteiger partial charge on any atom is 0.694 e. The summed E-state index contributed by atoms with van der Waals surface area (Å²) in [6, 6.07) is 12.9. The van der Waals surface area contributed by atoms with Crippen molar-refractivity contribution in [3.63, 3.8) is 0 Å². The van der Waals surface area contributed by atoms with Gasteiger partial charge in [0.1, 0.15) is 18.2 Å². The first-order valence-corrected chi connectivity index (χ1v) is 12.9. The van der Waals surface area contributed by atoms with Crippen LogP contribution in [-0.4, -0.2) is 37.0 Å². The third kappa shape index (κ3) is 7.30. The number of nitrogens with one attached hydrogen (secondary N) is 1. The third-order valence-electron chi connectivity index (χ3n) is 5.57. The van der Waals surface area contributed by atoms with Gasteiger partial charge in [0.15, 0.2) is 0 Å². The van der Waals surface area contributed by atoms with Crippen LogP contribution in [0.1, 0.15) is 36.8 Å². The molecular formula is C23H29F2NO4PS+. The van der Waals surface area contributed by atoms with Gasteiger partial charge in [-0.05, 0) is 49.3 Å². The molecule has 2 aromatic carbocycles. The maximum atomic E-state index is 14.4. The Bertz CT molecular complexity index is 884. The minimum Gasteiger partial charge on any atom is -0.379 e. The Morgan fingerprint density at radius 3 is 2.59 bits per heavy atom. The van der Waals surface area contributed by atoms with Gasteiger partial charge in [-0.1, -0.05) is 36.8 Å². The highest BCUT2D eigenvalue weighted by atomic mass is 32.2. The number of benzene rings is 2. The van der Waals surface area contributed by atoms with Crippen LogP contribution in [0.5, 0.6) is 0 Å². The topological polar surface area (TPSA) is 67.8 Å². The lowest BCUT2D eigenvalue weighted by molar-refractivity contribution is -0.0652. The lowest BCUT2D eigenvalue weighted by atomic mass is 9.75. The molecule has 2 N–H and O–H groups in total. The third-order valence-corrected chi connectivity index (χ3v) is 7.09. The molecule has 0 spiro atoms. The van der Waals surface area contributed by atoms with E-state index in [-0.39, 0.29) is 24.1 Å². The monoisotopic (exact) mass is 484 g/mol. The Morgan fingerprint density at radius 1 is 1.12 bits per heavy atom. The molecule has 1 aliphatic rings. The summed E-state index contributed by atoms with van der Waals surface area (Å²) in [5.74, 6) is -0.125. The molecule has 1 aliphatic heterocycles. The standard InChI is InChI=1S/C23H28F2NO4PS/c24-20-14-22(21(25)13-18(20)15-26-10-6-11-30-31(27)28)32-12-5-4-9-23(16-29-17-23)19-7-2-1-3-8-19/h1-3,7-8,13-14,26H,4-6,9-12,15-17H2/p+1. The summed E-state index contributed by atoms with van der Waals surface area (Å²) >= 11 is 1.34. The SMILES string of the molecule is O=[P+](O)OCCCNCc1cc(F)c(SCCCCC2(c3ccccc3)COC2)cc1F. The van der Waals surface area contributed by atoms with Crippen LogP contribution in [0.15, 0.2) is 47.4 Å². The van der Waals surface area contributed by atoms with Crippen LogP contribution < -0.4 is 5.32 Å². The van der Waals surface area contributed by atoms with Gasteiger partial charge >= 0.3 is 8.25 Å². The molecule has 2 aromatic rings. The zero-order chi connectivity index (χ0) is 22.8. The molecule has 9 heteroatoms. The summed E-state index contributed by atoms with van der Waals surface area (Å²) in [5, 5.41) is 2.98. The second-order valence-corrected chi connectivity index (χ2v) is 9.79. The Balaban J connectivity index is 1.39. The van der Waals surface area contributed by atoms with Crippen molar-refractivity contribution in [1.29, 1.82) is 0 Å². The molecule has 3 rings (SSSR count). The summed E-state index contributed by atoms with van der Waals surface area (Å²) in [6.45, 7) is 2.27. The summed E-state index contributed by atoms with van der Waals surface area (Å²) in [7, 11) is -2.60. The van der Waals surface area contributed by atoms with Crippen molar-refractivity contribution in [2.24, 2.45) is 0 Å². The fourth-order valence-corrected chi connectivity index (χ4v) is 4.96. The summed E-state index contributed by atoms with van der Waals surface area (Å²) in [4.78, 5) is 8.87. The van der Waals surface area contributed by atoms with E-state index in [0.717, 1.165) is 38.2 Å². The van der Waals surface area contributed by atoms with Crippen LogP contribution in [0.2, 0.25) is 0 Å². The summed E-state index contributed by atoms with van der Waals surface area (Å²) in [5.41, 5.74) is 1.67. The fourth-order valence-electron chi connectivity index (χ4n) is 3.72. The van der Waals surface area contributed by atoms with Crippen molar-refractivity contribution in [3.05, 3.63) is 65.2 Å². The largest absolute Gasteiger partial charge is 0.694 e. The Hall–Kier alpha value is -1.41. The number of ether oxygens (including phenoxy) is 1. The lowest BCUT2D eigenvalue weighted by Crippen LogP contribution is -2.46. The molecule has 174 valence electrons. The van der Waals surface area contributed by atoms with Gasteiger partial charge in [0.05, 0.1) is 13.2 Å². The van der Waals surface area contributed by atoms with E-state index in [0.29, 0.717) is 17.9 Å². The maximum absolute atomic E-state index is 14.4. The van der Waals surface area contributed by atoms with Gasteiger partial charge in [-0.2, -0.15) is 0 Å². The van der Waals surface area contributed by atoms with Gasteiger partial charge in [0.25, 0.3) is 0 Å². The van der Waals surface area contributed by atoms with Crippen LogP contribution >= 0.6 is 20.0 Å².